The van der Waals surface area contributed by atoms with Crippen LogP contribution in [0.25, 0.3) is 0 Å². The van der Waals surface area contributed by atoms with Gasteiger partial charge in [0.25, 0.3) is 0 Å². The number of nitrogens with zero attached hydrogens (tertiary/aromatic N) is 1. The van der Waals surface area contributed by atoms with E-state index < -0.39 is 10.0 Å². The van der Waals surface area contributed by atoms with Crippen LogP contribution in [-0.4, -0.2) is 38.1 Å². The molecule has 2 N–H and O–H groups in total. The van der Waals surface area contributed by atoms with Gasteiger partial charge in [-0.15, -0.1) is 0 Å². The highest BCUT2D eigenvalue weighted by Crippen LogP contribution is 2.28. The Morgan fingerprint density at radius 2 is 2.00 bits per heavy atom. The molecule has 2 rings (SSSR count). The molecular weight excluding hydrogens is 248 g/mol. The second-order valence-electron chi connectivity index (χ2n) is 4.71. The summed E-state index contributed by atoms with van der Waals surface area (Å²) < 4.78 is 25.7. The Morgan fingerprint density at radius 3 is 2.67 bits per heavy atom. The van der Waals surface area contributed by atoms with Crippen LogP contribution in [-0.2, 0) is 10.0 Å². The van der Waals surface area contributed by atoms with Crippen LogP contribution in [0.4, 0.5) is 0 Å². The summed E-state index contributed by atoms with van der Waals surface area (Å²) in [5.41, 5.74) is 6.60. The summed E-state index contributed by atoms with van der Waals surface area (Å²) in [7, 11) is -3.11. The van der Waals surface area contributed by atoms with E-state index in [2.05, 4.69) is 12.1 Å². The zero-order valence-electron chi connectivity index (χ0n) is 10.5. The number of hydrogen-bond acceptors (Lipinski definition) is 3. The first-order valence-corrected chi connectivity index (χ1v) is 7.97. The number of nitrogens with two attached hydrogens (primary N) is 1. The van der Waals surface area contributed by atoms with Crippen molar-refractivity contribution in [2.75, 3.05) is 25.4 Å². The van der Waals surface area contributed by atoms with E-state index in [-0.39, 0.29) is 5.75 Å². The Balaban J connectivity index is 2.00. The van der Waals surface area contributed by atoms with E-state index in [1.165, 1.54) is 5.56 Å². The van der Waals surface area contributed by atoms with E-state index in [4.69, 9.17) is 5.73 Å². The van der Waals surface area contributed by atoms with Gasteiger partial charge in [-0.2, -0.15) is 0 Å². The highest BCUT2D eigenvalue weighted by molar-refractivity contribution is 7.89. The van der Waals surface area contributed by atoms with Crippen molar-refractivity contribution in [1.82, 2.24) is 4.31 Å². The predicted octanol–water partition coefficient (Wildman–Crippen LogP) is 1.15. The van der Waals surface area contributed by atoms with Gasteiger partial charge in [0, 0.05) is 13.1 Å². The molecule has 1 aliphatic heterocycles. The average molecular weight is 268 g/mol. The fourth-order valence-electron chi connectivity index (χ4n) is 2.37. The fraction of sp³-hybridized carbons (Fsp3) is 0.538. The van der Waals surface area contributed by atoms with Gasteiger partial charge in [-0.1, -0.05) is 30.3 Å². The number of rotatable bonds is 5. The summed E-state index contributed by atoms with van der Waals surface area (Å²) in [4.78, 5) is 0. The number of benzene rings is 1. The zero-order valence-corrected chi connectivity index (χ0v) is 11.3. The molecule has 1 unspecified atom stereocenters. The van der Waals surface area contributed by atoms with Gasteiger partial charge in [0.05, 0.1) is 5.75 Å². The molecule has 0 aliphatic carbocycles. The minimum atomic E-state index is -3.11. The second-order valence-corrected chi connectivity index (χ2v) is 6.80. The molecule has 0 aromatic heterocycles. The first-order valence-electron chi connectivity index (χ1n) is 6.36. The zero-order chi connectivity index (χ0) is 13.0. The normalized spacial score (nSPS) is 21.3. The molecule has 4 nitrogen and oxygen atoms in total. The molecule has 0 radical (unpaired) electrons. The van der Waals surface area contributed by atoms with Gasteiger partial charge in [-0.25, -0.2) is 12.7 Å². The Bertz CT molecular complexity index is 473. The Hall–Kier alpha value is -0.910. The van der Waals surface area contributed by atoms with Crippen molar-refractivity contribution in [2.45, 2.75) is 18.8 Å². The third-order valence-corrected chi connectivity index (χ3v) is 5.34. The minimum absolute atomic E-state index is 0.172. The van der Waals surface area contributed by atoms with Gasteiger partial charge in [-0.3, -0.25) is 0 Å². The van der Waals surface area contributed by atoms with Gasteiger partial charge in [0.15, 0.2) is 0 Å². The van der Waals surface area contributed by atoms with Crippen LogP contribution < -0.4 is 5.73 Å². The minimum Gasteiger partial charge on any atom is -0.330 e. The highest BCUT2D eigenvalue weighted by atomic mass is 32.2. The van der Waals surface area contributed by atoms with E-state index in [1.54, 1.807) is 4.31 Å². The van der Waals surface area contributed by atoms with E-state index in [0.29, 0.717) is 32.0 Å². The highest BCUT2D eigenvalue weighted by Gasteiger charge is 2.31. The largest absolute Gasteiger partial charge is 0.330 e. The van der Waals surface area contributed by atoms with Crippen LogP contribution in [0, 0.1) is 0 Å². The molecule has 0 amide bonds. The number of hydrogen-bond donors (Lipinski definition) is 1. The maximum absolute atomic E-state index is 12.0. The maximum atomic E-state index is 12.0. The van der Waals surface area contributed by atoms with Crippen molar-refractivity contribution in [3.8, 4) is 0 Å². The molecule has 1 aromatic rings. The second kappa shape index (κ2) is 5.82. The Labute approximate surface area is 109 Å². The van der Waals surface area contributed by atoms with Crippen molar-refractivity contribution in [2.24, 2.45) is 5.73 Å². The van der Waals surface area contributed by atoms with Gasteiger partial charge in [0.1, 0.15) is 0 Å². The first kappa shape index (κ1) is 13.5. The first-order chi connectivity index (χ1) is 8.63. The van der Waals surface area contributed by atoms with Crippen molar-refractivity contribution < 1.29 is 8.42 Å². The molecule has 5 heteroatoms. The van der Waals surface area contributed by atoms with Crippen LogP contribution in [0.5, 0.6) is 0 Å². The van der Waals surface area contributed by atoms with Gasteiger partial charge >= 0.3 is 0 Å². The van der Waals surface area contributed by atoms with Gasteiger partial charge < -0.3 is 5.73 Å². The van der Waals surface area contributed by atoms with Crippen molar-refractivity contribution in [1.29, 1.82) is 0 Å². The molecule has 1 atom stereocenters. The molecule has 1 aromatic carbocycles. The van der Waals surface area contributed by atoms with E-state index in [0.717, 1.165) is 6.42 Å². The molecule has 0 spiro atoms. The Kier molecular flexibility index (Phi) is 4.37. The van der Waals surface area contributed by atoms with Gasteiger partial charge in [-0.05, 0) is 30.9 Å². The molecule has 18 heavy (non-hydrogen) atoms. The molecule has 1 aliphatic rings. The quantitative estimate of drug-likeness (QED) is 0.871. The van der Waals surface area contributed by atoms with E-state index in [9.17, 15) is 8.42 Å². The molecule has 0 bridgehead atoms. The van der Waals surface area contributed by atoms with E-state index in [1.807, 2.05) is 18.2 Å². The van der Waals surface area contributed by atoms with Crippen molar-refractivity contribution in [3.63, 3.8) is 0 Å². The molecule has 100 valence electrons. The van der Waals surface area contributed by atoms with E-state index >= 15 is 0 Å². The third-order valence-electron chi connectivity index (χ3n) is 3.42. The summed E-state index contributed by atoms with van der Waals surface area (Å²) in [6.45, 7) is 1.67. The maximum Gasteiger partial charge on any atom is 0.214 e. The molecule has 1 fully saturated rings. The topological polar surface area (TPSA) is 63.4 Å². The monoisotopic (exact) mass is 268 g/mol. The summed E-state index contributed by atoms with van der Waals surface area (Å²) >= 11 is 0. The van der Waals surface area contributed by atoms with Gasteiger partial charge in [0.2, 0.25) is 10.0 Å². The molecular formula is C13H20N2O2S. The van der Waals surface area contributed by atoms with Crippen molar-refractivity contribution in [3.05, 3.63) is 35.9 Å². The molecule has 1 saturated heterocycles. The SMILES string of the molecule is NCCCS(=O)(=O)N1CCC(c2ccccc2)C1. The average Bonchev–Trinajstić information content (AvgIpc) is 2.88. The van der Waals surface area contributed by atoms with Crippen LogP contribution >= 0.6 is 0 Å². The lowest BCUT2D eigenvalue weighted by Gasteiger charge is -2.16. The smallest absolute Gasteiger partial charge is 0.214 e. The summed E-state index contributed by atoms with van der Waals surface area (Å²) in [5, 5.41) is 0. The van der Waals surface area contributed by atoms with Crippen LogP contribution in [0.15, 0.2) is 30.3 Å². The van der Waals surface area contributed by atoms with Crippen LogP contribution in [0.2, 0.25) is 0 Å². The number of sulfonamides is 1. The summed E-state index contributed by atoms with van der Waals surface area (Å²) in [5.74, 6) is 0.504. The predicted molar refractivity (Wildman–Crippen MR) is 72.8 cm³/mol. The third kappa shape index (κ3) is 3.10. The van der Waals surface area contributed by atoms with Crippen molar-refractivity contribution >= 4 is 10.0 Å². The lowest BCUT2D eigenvalue weighted by atomic mass is 9.99. The van der Waals surface area contributed by atoms with Crippen LogP contribution in [0.1, 0.15) is 24.3 Å². The van der Waals surface area contributed by atoms with Crippen LogP contribution in [0.3, 0.4) is 0 Å². The Morgan fingerprint density at radius 1 is 1.28 bits per heavy atom. The fourth-order valence-corrected chi connectivity index (χ4v) is 3.95. The lowest BCUT2D eigenvalue weighted by molar-refractivity contribution is 0.471. The molecule has 1 heterocycles. The lowest BCUT2D eigenvalue weighted by Crippen LogP contribution is -2.31. The standard InChI is InChI=1S/C13H20N2O2S/c14-8-4-10-18(16,17)15-9-7-13(11-15)12-5-2-1-3-6-12/h1-3,5-6,13H,4,7-11,14H2. The summed E-state index contributed by atoms with van der Waals surface area (Å²) in [6, 6.07) is 10.1. The molecule has 0 saturated carbocycles. The summed E-state index contributed by atoms with van der Waals surface area (Å²) in [6.07, 6.45) is 1.45.